The lowest BCUT2D eigenvalue weighted by atomic mass is 10.1. The lowest BCUT2D eigenvalue weighted by molar-refractivity contribution is 0.0953. The SMILES string of the molecule is O=C(Nc1ccc2c(c1)OCCO2)c1ccc(CNC(=O)c2cccs2)cc1. The molecule has 0 aliphatic carbocycles. The van der Waals surface area contributed by atoms with Crippen LogP contribution in [0.5, 0.6) is 11.5 Å². The van der Waals surface area contributed by atoms with Crippen LogP contribution < -0.4 is 20.1 Å². The van der Waals surface area contributed by atoms with Gasteiger partial charge in [0.2, 0.25) is 0 Å². The van der Waals surface area contributed by atoms with E-state index >= 15 is 0 Å². The maximum Gasteiger partial charge on any atom is 0.261 e. The van der Waals surface area contributed by atoms with E-state index in [9.17, 15) is 9.59 Å². The number of carbonyl (C=O) groups excluding carboxylic acids is 2. The van der Waals surface area contributed by atoms with Gasteiger partial charge in [0, 0.05) is 23.9 Å². The highest BCUT2D eigenvalue weighted by atomic mass is 32.1. The number of hydrogen-bond acceptors (Lipinski definition) is 5. The zero-order valence-corrected chi connectivity index (χ0v) is 15.8. The minimum atomic E-state index is -0.217. The van der Waals surface area contributed by atoms with Crippen molar-refractivity contribution in [2.45, 2.75) is 6.54 Å². The van der Waals surface area contributed by atoms with Crippen LogP contribution in [0.1, 0.15) is 25.6 Å². The fourth-order valence-electron chi connectivity index (χ4n) is 2.78. The summed E-state index contributed by atoms with van der Waals surface area (Å²) in [5.74, 6) is 0.986. The number of anilines is 1. The van der Waals surface area contributed by atoms with Crippen molar-refractivity contribution in [1.82, 2.24) is 5.32 Å². The molecule has 1 aliphatic heterocycles. The number of rotatable bonds is 5. The van der Waals surface area contributed by atoms with Gasteiger partial charge in [0.05, 0.1) is 4.88 Å². The monoisotopic (exact) mass is 394 g/mol. The number of thiophene rings is 1. The zero-order chi connectivity index (χ0) is 19.3. The van der Waals surface area contributed by atoms with Gasteiger partial charge in [0.1, 0.15) is 13.2 Å². The Balaban J connectivity index is 1.35. The van der Waals surface area contributed by atoms with Gasteiger partial charge in [-0.1, -0.05) is 18.2 Å². The molecular weight excluding hydrogens is 376 g/mol. The number of fused-ring (bicyclic) bond motifs is 1. The molecule has 142 valence electrons. The molecule has 0 bridgehead atoms. The lowest BCUT2D eigenvalue weighted by Crippen LogP contribution is -2.21. The summed E-state index contributed by atoms with van der Waals surface area (Å²) in [6.07, 6.45) is 0. The number of nitrogens with one attached hydrogen (secondary N) is 2. The largest absolute Gasteiger partial charge is 0.486 e. The molecule has 7 heteroatoms. The van der Waals surface area contributed by atoms with E-state index in [0.29, 0.717) is 47.4 Å². The van der Waals surface area contributed by atoms with Gasteiger partial charge in [0.25, 0.3) is 11.8 Å². The molecule has 28 heavy (non-hydrogen) atoms. The third kappa shape index (κ3) is 4.15. The summed E-state index contributed by atoms with van der Waals surface area (Å²) in [6.45, 7) is 1.43. The number of hydrogen-bond donors (Lipinski definition) is 2. The average Bonchev–Trinajstić information content (AvgIpc) is 3.27. The van der Waals surface area contributed by atoms with Crippen LogP contribution in [0.3, 0.4) is 0 Å². The second-order valence-corrected chi connectivity index (χ2v) is 7.12. The van der Waals surface area contributed by atoms with Crippen molar-refractivity contribution in [3.05, 3.63) is 76.0 Å². The van der Waals surface area contributed by atoms with E-state index in [1.54, 1.807) is 36.4 Å². The van der Waals surface area contributed by atoms with Crippen LogP contribution in [-0.4, -0.2) is 25.0 Å². The van der Waals surface area contributed by atoms with Crippen LogP contribution in [0.25, 0.3) is 0 Å². The maximum absolute atomic E-state index is 12.5. The molecule has 3 aromatic rings. The summed E-state index contributed by atoms with van der Waals surface area (Å²) in [4.78, 5) is 25.1. The first kappa shape index (κ1) is 18.1. The van der Waals surface area contributed by atoms with E-state index in [1.807, 2.05) is 23.6 Å². The smallest absolute Gasteiger partial charge is 0.261 e. The van der Waals surface area contributed by atoms with Crippen molar-refractivity contribution in [3.8, 4) is 11.5 Å². The van der Waals surface area contributed by atoms with E-state index in [4.69, 9.17) is 9.47 Å². The van der Waals surface area contributed by atoms with Gasteiger partial charge in [0.15, 0.2) is 11.5 Å². The van der Waals surface area contributed by atoms with Crippen molar-refractivity contribution in [3.63, 3.8) is 0 Å². The van der Waals surface area contributed by atoms with Crippen molar-refractivity contribution >= 4 is 28.8 Å². The minimum Gasteiger partial charge on any atom is -0.486 e. The predicted octanol–water partition coefficient (Wildman–Crippen LogP) is 3.70. The van der Waals surface area contributed by atoms with Crippen LogP contribution in [0.2, 0.25) is 0 Å². The van der Waals surface area contributed by atoms with E-state index in [2.05, 4.69) is 10.6 Å². The highest BCUT2D eigenvalue weighted by molar-refractivity contribution is 7.12. The van der Waals surface area contributed by atoms with Gasteiger partial charge < -0.3 is 20.1 Å². The maximum atomic E-state index is 12.5. The van der Waals surface area contributed by atoms with Gasteiger partial charge in [-0.05, 0) is 41.3 Å². The van der Waals surface area contributed by atoms with E-state index < -0.39 is 0 Å². The van der Waals surface area contributed by atoms with E-state index in [-0.39, 0.29) is 11.8 Å². The number of ether oxygens (including phenoxy) is 2. The van der Waals surface area contributed by atoms with Gasteiger partial charge in [-0.2, -0.15) is 0 Å². The molecule has 2 amide bonds. The van der Waals surface area contributed by atoms with Gasteiger partial charge in [-0.25, -0.2) is 0 Å². The first-order chi connectivity index (χ1) is 13.7. The summed E-state index contributed by atoms with van der Waals surface area (Å²) in [6, 6.07) is 16.1. The number of benzene rings is 2. The summed E-state index contributed by atoms with van der Waals surface area (Å²) >= 11 is 1.40. The van der Waals surface area contributed by atoms with Crippen molar-refractivity contribution in [2.24, 2.45) is 0 Å². The van der Waals surface area contributed by atoms with Crippen LogP contribution in [-0.2, 0) is 6.54 Å². The molecule has 2 N–H and O–H groups in total. The number of amides is 2. The standard InChI is InChI=1S/C21H18N2O4S/c24-20(23-16-7-8-17-18(12-16)27-10-9-26-17)15-5-3-14(4-6-15)13-22-21(25)19-2-1-11-28-19/h1-8,11-12H,9-10,13H2,(H,22,25)(H,23,24). The Morgan fingerprint density at radius 2 is 1.71 bits per heavy atom. The summed E-state index contributed by atoms with van der Waals surface area (Å²) in [5.41, 5.74) is 2.09. The Hall–Kier alpha value is -3.32. The fraction of sp³-hybridized carbons (Fsp3) is 0.143. The lowest BCUT2D eigenvalue weighted by Gasteiger charge is -2.19. The van der Waals surface area contributed by atoms with Crippen molar-refractivity contribution in [1.29, 1.82) is 0 Å². The predicted molar refractivity (Wildman–Crippen MR) is 107 cm³/mol. The molecular formula is C21H18N2O4S. The molecule has 6 nitrogen and oxygen atoms in total. The van der Waals surface area contributed by atoms with Crippen LogP contribution in [0, 0.1) is 0 Å². The molecule has 0 saturated carbocycles. The summed E-state index contributed by atoms with van der Waals surface area (Å²) in [7, 11) is 0. The Morgan fingerprint density at radius 3 is 2.46 bits per heavy atom. The highest BCUT2D eigenvalue weighted by Gasteiger charge is 2.13. The summed E-state index contributed by atoms with van der Waals surface area (Å²) in [5, 5.41) is 7.58. The first-order valence-electron chi connectivity index (χ1n) is 8.81. The molecule has 0 unspecified atom stereocenters. The molecule has 2 heterocycles. The molecule has 0 fully saturated rings. The Morgan fingerprint density at radius 1 is 0.929 bits per heavy atom. The normalized spacial score (nSPS) is 12.3. The van der Waals surface area contributed by atoms with Crippen molar-refractivity contribution < 1.29 is 19.1 Å². The van der Waals surface area contributed by atoms with Gasteiger partial charge in [-0.15, -0.1) is 11.3 Å². The molecule has 0 spiro atoms. The van der Waals surface area contributed by atoms with Crippen molar-refractivity contribution in [2.75, 3.05) is 18.5 Å². The molecule has 1 aromatic heterocycles. The molecule has 0 atom stereocenters. The molecule has 0 saturated heterocycles. The Kier molecular flexibility index (Phi) is 5.25. The Bertz CT molecular complexity index is 984. The Labute approximate surface area is 166 Å². The van der Waals surface area contributed by atoms with Gasteiger partial charge >= 0.3 is 0 Å². The van der Waals surface area contributed by atoms with Gasteiger partial charge in [-0.3, -0.25) is 9.59 Å². The third-order valence-corrected chi connectivity index (χ3v) is 5.08. The fourth-order valence-corrected chi connectivity index (χ4v) is 3.42. The first-order valence-corrected chi connectivity index (χ1v) is 9.69. The van der Waals surface area contributed by atoms with Crippen LogP contribution in [0.4, 0.5) is 5.69 Å². The quantitative estimate of drug-likeness (QED) is 0.692. The second kappa shape index (κ2) is 8.14. The second-order valence-electron chi connectivity index (χ2n) is 6.17. The molecule has 1 aliphatic rings. The summed E-state index contributed by atoms with van der Waals surface area (Å²) < 4.78 is 11.0. The zero-order valence-electron chi connectivity index (χ0n) is 14.9. The minimum absolute atomic E-state index is 0.101. The van der Waals surface area contributed by atoms with E-state index in [1.165, 1.54) is 11.3 Å². The molecule has 0 radical (unpaired) electrons. The number of carbonyl (C=O) groups is 2. The molecule has 4 rings (SSSR count). The third-order valence-electron chi connectivity index (χ3n) is 4.21. The van der Waals surface area contributed by atoms with E-state index in [0.717, 1.165) is 5.56 Å². The van der Waals surface area contributed by atoms with Crippen LogP contribution in [0.15, 0.2) is 60.0 Å². The average molecular weight is 394 g/mol. The molecule has 2 aromatic carbocycles. The highest BCUT2D eigenvalue weighted by Crippen LogP contribution is 2.32. The topological polar surface area (TPSA) is 76.7 Å². The van der Waals surface area contributed by atoms with Crippen LogP contribution >= 0.6 is 11.3 Å².